The van der Waals surface area contributed by atoms with Crippen molar-refractivity contribution in [2.75, 3.05) is 26.4 Å². The summed E-state index contributed by atoms with van der Waals surface area (Å²) in [4.78, 5) is 39.9. The number of hydrogen-bond acceptors (Lipinski definition) is 6. The first-order chi connectivity index (χ1) is 18.2. The smallest absolute Gasteiger partial charge is 0.404 e. The van der Waals surface area contributed by atoms with E-state index in [0.717, 1.165) is 21.9 Å². The van der Waals surface area contributed by atoms with E-state index in [1.165, 1.54) is 0 Å². The van der Waals surface area contributed by atoms with Crippen molar-refractivity contribution < 1.29 is 29.0 Å². The van der Waals surface area contributed by atoms with Crippen molar-refractivity contribution >= 4 is 39.8 Å². The number of pyridine rings is 1. The van der Waals surface area contributed by atoms with Crippen molar-refractivity contribution in [3.63, 3.8) is 0 Å². The van der Waals surface area contributed by atoms with Gasteiger partial charge in [-0.15, -0.1) is 0 Å². The SMILES string of the molecule is CC(C)(C)C(COCCOCC#Cc1ccnc2c1c1ccccc1n2C1CCC(=O)NC1=O)NC(=O)O. The summed E-state index contributed by atoms with van der Waals surface area (Å²) in [7, 11) is 0. The van der Waals surface area contributed by atoms with Gasteiger partial charge in [0.1, 0.15) is 18.3 Å². The maximum absolute atomic E-state index is 12.7. The van der Waals surface area contributed by atoms with E-state index in [1.54, 1.807) is 6.20 Å². The van der Waals surface area contributed by atoms with Crippen LogP contribution in [0.25, 0.3) is 21.9 Å². The van der Waals surface area contributed by atoms with Crippen molar-refractivity contribution in [1.29, 1.82) is 0 Å². The molecule has 3 N–H and O–H groups in total. The van der Waals surface area contributed by atoms with Crippen LogP contribution in [0.4, 0.5) is 4.79 Å². The topological polar surface area (TPSA) is 132 Å². The summed E-state index contributed by atoms with van der Waals surface area (Å²) in [6.07, 6.45) is 1.27. The number of carbonyl (C=O) groups excluding carboxylic acids is 2. The summed E-state index contributed by atoms with van der Waals surface area (Å²) in [5.41, 5.74) is 2.00. The van der Waals surface area contributed by atoms with E-state index < -0.39 is 12.1 Å². The molecule has 2 atom stereocenters. The second-order valence-electron chi connectivity index (χ2n) is 10.2. The van der Waals surface area contributed by atoms with Crippen LogP contribution in [0, 0.1) is 17.3 Å². The summed E-state index contributed by atoms with van der Waals surface area (Å²) in [5.74, 6) is 5.61. The van der Waals surface area contributed by atoms with Crippen molar-refractivity contribution in [3.8, 4) is 11.8 Å². The van der Waals surface area contributed by atoms with E-state index >= 15 is 0 Å². The first-order valence-corrected chi connectivity index (χ1v) is 12.5. The first kappa shape index (κ1) is 27.1. The van der Waals surface area contributed by atoms with E-state index in [4.69, 9.17) is 14.6 Å². The molecule has 3 heterocycles. The Morgan fingerprint density at radius 2 is 2.00 bits per heavy atom. The molecular weight excluding hydrogens is 488 g/mol. The molecule has 0 aliphatic carbocycles. The van der Waals surface area contributed by atoms with Crippen LogP contribution in [0.3, 0.4) is 0 Å². The number of aromatic nitrogens is 2. The van der Waals surface area contributed by atoms with Crippen LogP contribution in [0.5, 0.6) is 0 Å². The average molecular weight is 521 g/mol. The minimum Gasteiger partial charge on any atom is -0.465 e. The van der Waals surface area contributed by atoms with Crippen LogP contribution in [0.15, 0.2) is 36.5 Å². The zero-order chi connectivity index (χ0) is 27.3. The lowest BCUT2D eigenvalue weighted by Crippen LogP contribution is -2.46. The third kappa shape index (κ3) is 6.13. The van der Waals surface area contributed by atoms with Crippen LogP contribution < -0.4 is 10.6 Å². The molecule has 38 heavy (non-hydrogen) atoms. The molecule has 3 aromatic rings. The van der Waals surface area contributed by atoms with Crippen molar-refractivity contribution in [2.24, 2.45) is 5.41 Å². The molecule has 200 valence electrons. The molecule has 0 bridgehead atoms. The molecule has 0 radical (unpaired) electrons. The zero-order valence-electron chi connectivity index (χ0n) is 21.7. The third-order valence-corrected chi connectivity index (χ3v) is 6.51. The predicted octanol–water partition coefficient (Wildman–Crippen LogP) is 3.23. The fourth-order valence-electron chi connectivity index (χ4n) is 4.49. The molecule has 1 fully saturated rings. The van der Waals surface area contributed by atoms with Crippen LogP contribution in [0.2, 0.25) is 0 Å². The zero-order valence-corrected chi connectivity index (χ0v) is 21.7. The Labute approximate surface area is 220 Å². The van der Waals surface area contributed by atoms with Gasteiger partial charge in [0, 0.05) is 29.0 Å². The first-order valence-electron chi connectivity index (χ1n) is 12.5. The predicted molar refractivity (Wildman–Crippen MR) is 142 cm³/mol. The minimum atomic E-state index is -1.08. The summed E-state index contributed by atoms with van der Waals surface area (Å²) < 4.78 is 13.1. The lowest BCUT2D eigenvalue weighted by molar-refractivity contribution is -0.135. The number of para-hydroxylation sites is 1. The van der Waals surface area contributed by atoms with E-state index in [0.29, 0.717) is 25.3 Å². The number of hydrogen-bond donors (Lipinski definition) is 3. The van der Waals surface area contributed by atoms with Crippen molar-refractivity contribution in [3.05, 3.63) is 42.1 Å². The van der Waals surface area contributed by atoms with Gasteiger partial charge in [0.2, 0.25) is 11.8 Å². The van der Waals surface area contributed by atoms with Crippen LogP contribution in [-0.2, 0) is 19.1 Å². The summed E-state index contributed by atoms with van der Waals surface area (Å²) in [6.45, 7) is 6.91. The highest BCUT2D eigenvalue weighted by atomic mass is 16.5. The number of ether oxygens (including phenoxy) is 2. The van der Waals surface area contributed by atoms with Gasteiger partial charge in [0.15, 0.2) is 0 Å². The molecule has 3 amide bonds. The number of carbonyl (C=O) groups is 3. The maximum atomic E-state index is 12.7. The van der Waals surface area contributed by atoms with Crippen LogP contribution in [0.1, 0.15) is 45.2 Å². The highest BCUT2D eigenvalue weighted by molar-refractivity contribution is 6.11. The number of fused-ring (bicyclic) bond motifs is 3. The normalized spacial score (nSPS) is 16.7. The van der Waals surface area contributed by atoms with Crippen LogP contribution in [-0.4, -0.2) is 65.0 Å². The Balaban J connectivity index is 1.43. The largest absolute Gasteiger partial charge is 0.465 e. The van der Waals surface area contributed by atoms with Gasteiger partial charge in [-0.25, -0.2) is 9.78 Å². The second-order valence-corrected chi connectivity index (χ2v) is 10.2. The summed E-state index contributed by atoms with van der Waals surface area (Å²) >= 11 is 0. The van der Waals surface area contributed by atoms with E-state index in [-0.39, 0.29) is 42.9 Å². The molecule has 2 unspecified atom stereocenters. The quantitative estimate of drug-likeness (QED) is 0.236. The number of nitrogens with one attached hydrogen (secondary N) is 2. The van der Waals surface area contributed by atoms with Gasteiger partial charge in [-0.2, -0.15) is 0 Å². The average Bonchev–Trinajstić information content (AvgIpc) is 3.19. The molecule has 1 aromatic carbocycles. The number of benzene rings is 1. The number of amides is 3. The number of nitrogens with zero attached hydrogens (tertiary/aromatic N) is 2. The van der Waals surface area contributed by atoms with E-state index in [9.17, 15) is 14.4 Å². The Hall–Kier alpha value is -3.94. The van der Waals surface area contributed by atoms with Crippen LogP contribution >= 0.6 is 0 Å². The minimum absolute atomic E-state index is 0.190. The lowest BCUT2D eigenvalue weighted by atomic mass is 9.87. The van der Waals surface area contributed by atoms with Gasteiger partial charge in [-0.3, -0.25) is 14.9 Å². The highest BCUT2D eigenvalue weighted by Gasteiger charge is 2.31. The molecule has 1 aliphatic heterocycles. The third-order valence-electron chi connectivity index (χ3n) is 6.51. The standard InChI is InChI=1S/C28H32N4O6/c1-28(2,3)22(30-27(35)36)17-38-16-15-37-14-6-7-18-12-13-29-25-24(18)19-8-4-5-9-20(19)32(25)21-10-11-23(33)31-26(21)34/h4-5,8-9,12-13,21-22,30H,10-11,14-17H2,1-3H3,(H,35,36)(H,31,33,34). The van der Waals surface area contributed by atoms with E-state index in [2.05, 4.69) is 27.5 Å². The second kappa shape index (κ2) is 11.6. The number of piperidine rings is 1. The maximum Gasteiger partial charge on any atom is 0.404 e. The van der Waals surface area contributed by atoms with Gasteiger partial charge in [-0.05, 0) is 24.0 Å². The fraction of sp³-hybridized carbons (Fsp3) is 0.429. The molecule has 0 spiro atoms. The molecule has 0 saturated carbocycles. The van der Waals surface area contributed by atoms with Gasteiger partial charge in [-0.1, -0.05) is 50.8 Å². The van der Waals surface area contributed by atoms with E-state index in [1.807, 2.05) is 55.7 Å². The van der Waals surface area contributed by atoms with Gasteiger partial charge < -0.3 is 24.5 Å². The molecule has 4 rings (SSSR count). The summed E-state index contributed by atoms with van der Waals surface area (Å²) in [5, 5.41) is 15.7. The number of rotatable bonds is 8. The molecular formula is C28H32N4O6. The molecule has 2 aromatic heterocycles. The Morgan fingerprint density at radius 1 is 1.24 bits per heavy atom. The molecule has 1 aliphatic rings. The monoisotopic (exact) mass is 520 g/mol. The molecule has 10 heteroatoms. The van der Waals surface area contributed by atoms with Gasteiger partial charge >= 0.3 is 6.09 Å². The Morgan fingerprint density at radius 3 is 2.74 bits per heavy atom. The van der Waals surface area contributed by atoms with Crippen molar-refractivity contribution in [2.45, 2.75) is 45.7 Å². The molecule has 1 saturated heterocycles. The van der Waals surface area contributed by atoms with Gasteiger partial charge in [0.05, 0.1) is 31.4 Å². The lowest BCUT2D eigenvalue weighted by Gasteiger charge is -2.30. The fourth-order valence-corrected chi connectivity index (χ4v) is 4.49. The number of carboxylic acid groups (broad SMARTS) is 1. The number of imide groups is 1. The van der Waals surface area contributed by atoms with Crippen molar-refractivity contribution in [1.82, 2.24) is 20.2 Å². The highest BCUT2D eigenvalue weighted by Crippen LogP contribution is 2.34. The van der Waals surface area contributed by atoms with Gasteiger partial charge in [0.25, 0.3) is 0 Å². The Bertz CT molecular complexity index is 1410. The molecule has 10 nitrogen and oxygen atoms in total. The summed E-state index contributed by atoms with van der Waals surface area (Å²) in [6, 6.07) is 8.73. The Kier molecular flexibility index (Phi) is 8.29.